The normalized spacial score (nSPS) is 16.3. The Labute approximate surface area is 164 Å². The molecule has 28 heavy (non-hydrogen) atoms. The summed E-state index contributed by atoms with van der Waals surface area (Å²) in [6.07, 6.45) is 0. The smallest absolute Gasteiger partial charge is 0.243 e. The molecule has 2 aromatic carbocycles. The zero-order chi connectivity index (χ0) is 19.6. The number of aryl methyl sites for hydroxylation is 1. The van der Waals surface area contributed by atoms with E-state index in [9.17, 15) is 8.42 Å². The van der Waals surface area contributed by atoms with Gasteiger partial charge in [-0.1, -0.05) is 53.2 Å². The number of aromatic nitrogens is 2. The Morgan fingerprint density at radius 1 is 0.964 bits per heavy atom. The second kappa shape index (κ2) is 7.83. The van der Waals surface area contributed by atoms with Crippen molar-refractivity contribution < 1.29 is 12.9 Å². The van der Waals surface area contributed by atoms with Crippen LogP contribution in [0, 0.1) is 6.92 Å². The predicted octanol–water partition coefficient (Wildman–Crippen LogP) is 2.55. The Hall–Kier alpha value is -2.55. The fourth-order valence-corrected chi connectivity index (χ4v) is 4.64. The number of sulfonamides is 1. The summed E-state index contributed by atoms with van der Waals surface area (Å²) in [5, 5.41) is 4.06. The van der Waals surface area contributed by atoms with Crippen molar-refractivity contribution in [3.8, 4) is 11.4 Å². The van der Waals surface area contributed by atoms with E-state index in [1.165, 1.54) is 9.87 Å². The van der Waals surface area contributed by atoms with Gasteiger partial charge < -0.3 is 4.52 Å². The molecule has 0 spiro atoms. The quantitative estimate of drug-likeness (QED) is 0.657. The maximum absolute atomic E-state index is 12.7. The van der Waals surface area contributed by atoms with Gasteiger partial charge in [0.2, 0.25) is 21.7 Å². The van der Waals surface area contributed by atoms with Crippen LogP contribution in [0.4, 0.5) is 0 Å². The van der Waals surface area contributed by atoms with Gasteiger partial charge in [0.25, 0.3) is 0 Å². The molecule has 7 nitrogen and oxygen atoms in total. The Morgan fingerprint density at radius 3 is 2.32 bits per heavy atom. The molecule has 0 atom stereocenters. The fraction of sp³-hybridized carbons (Fsp3) is 0.300. The van der Waals surface area contributed by atoms with E-state index < -0.39 is 10.0 Å². The third kappa shape index (κ3) is 3.99. The highest BCUT2D eigenvalue weighted by Crippen LogP contribution is 2.19. The summed E-state index contributed by atoms with van der Waals surface area (Å²) < 4.78 is 32.3. The van der Waals surface area contributed by atoms with E-state index in [1.807, 2.05) is 37.3 Å². The molecule has 8 heteroatoms. The van der Waals surface area contributed by atoms with E-state index >= 15 is 0 Å². The zero-order valence-corrected chi connectivity index (χ0v) is 16.5. The molecule has 0 bridgehead atoms. The van der Waals surface area contributed by atoms with Gasteiger partial charge >= 0.3 is 0 Å². The van der Waals surface area contributed by atoms with Crippen molar-refractivity contribution in [2.24, 2.45) is 0 Å². The number of nitrogens with zero attached hydrogens (tertiary/aromatic N) is 4. The van der Waals surface area contributed by atoms with Gasteiger partial charge in [-0.15, -0.1) is 0 Å². The molecule has 1 aromatic heterocycles. The van der Waals surface area contributed by atoms with Crippen LogP contribution in [0.1, 0.15) is 11.5 Å². The van der Waals surface area contributed by atoms with Crippen LogP contribution < -0.4 is 0 Å². The highest BCUT2D eigenvalue weighted by molar-refractivity contribution is 7.89. The third-order valence-electron chi connectivity index (χ3n) is 4.85. The van der Waals surface area contributed by atoms with Crippen LogP contribution in [0.5, 0.6) is 0 Å². The largest absolute Gasteiger partial charge is 0.338 e. The van der Waals surface area contributed by atoms with Gasteiger partial charge in [0, 0.05) is 31.7 Å². The summed E-state index contributed by atoms with van der Waals surface area (Å²) in [7, 11) is -3.44. The lowest BCUT2D eigenvalue weighted by Gasteiger charge is -2.33. The summed E-state index contributed by atoms with van der Waals surface area (Å²) in [4.78, 5) is 6.93. The van der Waals surface area contributed by atoms with Crippen molar-refractivity contribution in [2.75, 3.05) is 26.2 Å². The van der Waals surface area contributed by atoms with Crippen molar-refractivity contribution in [1.82, 2.24) is 19.3 Å². The van der Waals surface area contributed by atoms with Crippen molar-refractivity contribution in [3.05, 3.63) is 66.1 Å². The number of hydrogen-bond acceptors (Lipinski definition) is 6. The predicted molar refractivity (Wildman–Crippen MR) is 105 cm³/mol. The lowest BCUT2D eigenvalue weighted by molar-refractivity contribution is 0.163. The van der Waals surface area contributed by atoms with E-state index in [2.05, 4.69) is 15.0 Å². The van der Waals surface area contributed by atoms with Crippen LogP contribution in [0.25, 0.3) is 11.4 Å². The summed E-state index contributed by atoms with van der Waals surface area (Å²) in [6.45, 7) is 4.66. The second-order valence-corrected chi connectivity index (χ2v) is 8.81. The second-order valence-electron chi connectivity index (χ2n) is 6.87. The first-order valence-corrected chi connectivity index (χ1v) is 10.6. The standard InChI is InChI=1S/C20H22N4O3S/c1-16-7-9-17(10-8-16)20-21-19(27-22-20)15-23-11-13-24(14-12-23)28(25,26)18-5-3-2-4-6-18/h2-10H,11-15H2,1H3. The molecule has 0 radical (unpaired) electrons. The van der Waals surface area contributed by atoms with E-state index in [0.717, 1.165) is 5.56 Å². The Balaban J connectivity index is 1.37. The van der Waals surface area contributed by atoms with E-state index in [4.69, 9.17) is 4.52 Å². The number of hydrogen-bond donors (Lipinski definition) is 0. The molecule has 0 N–H and O–H groups in total. The maximum Gasteiger partial charge on any atom is 0.243 e. The maximum atomic E-state index is 12.7. The van der Waals surface area contributed by atoms with Crippen LogP contribution in [0.2, 0.25) is 0 Å². The lowest BCUT2D eigenvalue weighted by atomic mass is 10.1. The lowest BCUT2D eigenvalue weighted by Crippen LogP contribution is -2.48. The Bertz CT molecular complexity index is 1020. The van der Waals surface area contributed by atoms with Crippen LogP contribution in [-0.4, -0.2) is 53.9 Å². The van der Waals surface area contributed by atoms with Gasteiger partial charge in [-0.2, -0.15) is 9.29 Å². The molecule has 0 unspecified atom stereocenters. The first kappa shape index (κ1) is 18.8. The summed E-state index contributed by atoms with van der Waals surface area (Å²) in [6, 6.07) is 16.5. The first-order chi connectivity index (χ1) is 13.5. The van der Waals surface area contributed by atoms with Crippen LogP contribution in [0.15, 0.2) is 64.0 Å². The monoisotopic (exact) mass is 398 g/mol. The molecule has 1 saturated heterocycles. The topological polar surface area (TPSA) is 79.5 Å². The molecule has 2 heterocycles. The van der Waals surface area contributed by atoms with Gasteiger partial charge in [-0.05, 0) is 19.1 Å². The average Bonchev–Trinajstić information content (AvgIpc) is 3.18. The van der Waals surface area contributed by atoms with Crippen LogP contribution >= 0.6 is 0 Å². The van der Waals surface area contributed by atoms with Crippen molar-refractivity contribution >= 4 is 10.0 Å². The van der Waals surface area contributed by atoms with E-state index in [-0.39, 0.29) is 0 Å². The molecule has 146 valence electrons. The van der Waals surface area contributed by atoms with Crippen LogP contribution in [0.3, 0.4) is 0 Å². The Morgan fingerprint density at radius 2 is 1.64 bits per heavy atom. The molecule has 4 rings (SSSR count). The molecule has 1 aliphatic rings. The molecule has 0 saturated carbocycles. The fourth-order valence-electron chi connectivity index (χ4n) is 3.20. The molecule has 0 aliphatic carbocycles. The SMILES string of the molecule is Cc1ccc(-c2noc(CN3CCN(S(=O)(=O)c4ccccc4)CC3)n2)cc1. The molecule has 1 aliphatic heterocycles. The minimum absolute atomic E-state index is 0.336. The van der Waals surface area contributed by atoms with Gasteiger partial charge in [0.05, 0.1) is 11.4 Å². The van der Waals surface area contributed by atoms with Crippen molar-refractivity contribution in [3.63, 3.8) is 0 Å². The van der Waals surface area contributed by atoms with Gasteiger partial charge in [0.1, 0.15) is 0 Å². The summed E-state index contributed by atoms with van der Waals surface area (Å²) in [5.41, 5.74) is 2.09. The Kier molecular flexibility index (Phi) is 5.25. The zero-order valence-electron chi connectivity index (χ0n) is 15.7. The summed E-state index contributed by atoms with van der Waals surface area (Å²) >= 11 is 0. The van der Waals surface area contributed by atoms with Crippen molar-refractivity contribution in [1.29, 1.82) is 0 Å². The molecule has 3 aromatic rings. The van der Waals surface area contributed by atoms with E-state index in [1.54, 1.807) is 24.3 Å². The number of piperazine rings is 1. The first-order valence-electron chi connectivity index (χ1n) is 9.19. The number of benzene rings is 2. The molecular weight excluding hydrogens is 376 g/mol. The highest BCUT2D eigenvalue weighted by Gasteiger charge is 2.28. The minimum atomic E-state index is -3.44. The van der Waals surface area contributed by atoms with Crippen LogP contribution in [-0.2, 0) is 16.6 Å². The van der Waals surface area contributed by atoms with Gasteiger partial charge in [-0.3, -0.25) is 4.90 Å². The van der Waals surface area contributed by atoms with Gasteiger partial charge in [0.15, 0.2) is 0 Å². The highest BCUT2D eigenvalue weighted by atomic mass is 32.2. The molecule has 1 fully saturated rings. The van der Waals surface area contributed by atoms with Gasteiger partial charge in [-0.25, -0.2) is 8.42 Å². The number of rotatable bonds is 5. The average molecular weight is 398 g/mol. The minimum Gasteiger partial charge on any atom is -0.338 e. The third-order valence-corrected chi connectivity index (χ3v) is 6.76. The van der Waals surface area contributed by atoms with Crippen molar-refractivity contribution in [2.45, 2.75) is 18.4 Å². The molecule has 0 amide bonds. The van der Waals surface area contributed by atoms with E-state index in [0.29, 0.717) is 49.3 Å². The molecular formula is C20H22N4O3S. The summed E-state index contributed by atoms with van der Waals surface area (Å²) in [5.74, 6) is 1.11.